The molecule has 0 amide bonds. The van der Waals surface area contributed by atoms with Crippen LogP contribution in [-0.4, -0.2) is 67.1 Å². The van der Waals surface area contributed by atoms with E-state index < -0.39 is 28.6 Å². The zero-order valence-electron chi connectivity index (χ0n) is 29.1. The predicted molar refractivity (Wildman–Crippen MR) is 179 cm³/mol. The monoisotopic (exact) mass is 644 g/mol. The molecule has 1 aliphatic carbocycles. The second-order valence-corrected chi connectivity index (χ2v) is 22.4. The first-order valence-corrected chi connectivity index (χ1v) is 22.6. The molecule has 7 atom stereocenters. The molecule has 0 N–H and O–H groups in total. The van der Waals surface area contributed by atoms with Gasteiger partial charge in [0.1, 0.15) is 0 Å². The fraction of sp³-hybridized carbons (Fsp3) is 0.912. The molecule has 1 saturated carbocycles. The van der Waals surface area contributed by atoms with Crippen molar-refractivity contribution in [2.45, 2.75) is 173 Å². The SMILES string of the molecule is CCCCC[C@@H](/C=C/C1[C@H]2C[C@@](OC)([C@@H](F)CCCC(=O)OC)O[C@H]2C[C@H]1O[Si](CC)(CC)CC)O[Si](CC)(CC)CC. The molecule has 1 saturated heterocycles. The van der Waals surface area contributed by atoms with Crippen molar-refractivity contribution in [2.24, 2.45) is 11.8 Å². The molecule has 2 fully saturated rings. The molecule has 2 aliphatic rings. The average molecular weight is 645 g/mol. The number of esters is 1. The number of carbonyl (C=O) groups excluding carboxylic acids is 1. The van der Waals surface area contributed by atoms with Crippen LogP contribution in [0.25, 0.3) is 0 Å². The van der Waals surface area contributed by atoms with Gasteiger partial charge in [-0.25, -0.2) is 4.39 Å². The van der Waals surface area contributed by atoms with Crippen molar-refractivity contribution < 1.29 is 32.2 Å². The van der Waals surface area contributed by atoms with Crippen LogP contribution in [0.15, 0.2) is 12.2 Å². The van der Waals surface area contributed by atoms with Crippen LogP contribution in [0.5, 0.6) is 0 Å². The summed E-state index contributed by atoms with van der Waals surface area (Å²) in [4.78, 5) is 11.6. The number of rotatable bonds is 22. The number of fused-ring (bicyclic) bond motifs is 1. The summed E-state index contributed by atoms with van der Waals surface area (Å²) in [7, 11) is -0.742. The summed E-state index contributed by atoms with van der Waals surface area (Å²) in [5, 5.41) is 0. The largest absolute Gasteiger partial charge is 0.469 e. The first-order valence-electron chi connectivity index (χ1n) is 17.6. The first kappa shape index (κ1) is 38.6. The minimum atomic E-state index is -1.87. The third-order valence-electron chi connectivity index (χ3n) is 10.9. The van der Waals surface area contributed by atoms with Crippen molar-refractivity contribution >= 4 is 22.6 Å². The molecule has 9 heteroatoms. The Balaban J connectivity index is 2.37. The molecular formula is C34H65FO6Si2. The minimum Gasteiger partial charge on any atom is -0.469 e. The van der Waals surface area contributed by atoms with Crippen LogP contribution in [0.2, 0.25) is 36.3 Å². The topological polar surface area (TPSA) is 63.2 Å². The maximum Gasteiger partial charge on any atom is 0.305 e. The minimum absolute atomic E-state index is 0.0619. The lowest BCUT2D eigenvalue weighted by Crippen LogP contribution is -2.45. The highest BCUT2D eigenvalue weighted by Crippen LogP contribution is 2.52. The molecular weight excluding hydrogens is 580 g/mol. The third kappa shape index (κ3) is 9.95. The van der Waals surface area contributed by atoms with Crippen LogP contribution < -0.4 is 0 Å². The maximum atomic E-state index is 15.8. The summed E-state index contributed by atoms with van der Waals surface area (Å²) in [6.45, 7) is 15.9. The number of hydrogen-bond donors (Lipinski definition) is 0. The quantitative estimate of drug-likeness (QED) is 0.0507. The van der Waals surface area contributed by atoms with Crippen molar-refractivity contribution in [3.63, 3.8) is 0 Å². The van der Waals surface area contributed by atoms with Crippen LogP contribution in [0, 0.1) is 11.8 Å². The normalized spacial score (nSPS) is 27.5. The molecule has 0 bridgehead atoms. The lowest BCUT2D eigenvalue weighted by Gasteiger charge is -2.37. The van der Waals surface area contributed by atoms with Gasteiger partial charge in [-0.2, -0.15) is 0 Å². The Morgan fingerprint density at radius 2 is 1.56 bits per heavy atom. The summed E-state index contributed by atoms with van der Waals surface area (Å²) in [5.74, 6) is -1.37. The van der Waals surface area contributed by atoms with Crippen molar-refractivity contribution in [3.05, 3.63) is 12.2 Å². The molecule has 1 heterocycles. The Hall–Kier alpha value is -0.586. The number of halogens is 1. The van der Waals surface area contributed by atoms with E-state index in [0.29, 0.717) is 12.8 Å². The van der Waals surface area contributed by atoms with E-state index in [1.165, 1.54) is 20.0 Å². The van der Waals surface area contributed by atoms with Gasteiger partial charge in [0.2, 0.25) is 0 Å². The first-order chi connectivity index (χ1) is 20.6. The van der Waals surface area contributed by atoms with Crippen LogP contribution in [0.3, 0.4) is 0 Å². The highest BCUT2D eigenvalue weighted by Gasteiger charge is 2.59. The van der Waals surface area contributed by atoms with Gasteiger partial charge in [-0.15, -0.1) is 0 Å². The van der Waals surface area contributed by atoms with E-state index in [1.54, 1.807) is 7.11 Å². The highest BCUT2D eigenvalue weighted by atomic mass is 28.4. The van der Waals surface area contributed by atoms with Crippen LogP contribution in [-0.2, 0) is 27.9 Å². The number of alkyl halides is 1. The van der Waals surface area contributed by atoms with E-state index in [2.05, 4.69) is 60.6 Å². The van der Waals surface area contributed by atoms with Crippen LogP contribution in [0.4, 0.5) is 4.39 Å². The molecule has 0 aromatic heterocycles. The number of unbranched alkanes of at least 4 members (excludes halogenated alkanes) is 2. The van der Waals surface area contributed by atoms with Gasteiger partial charge in [0.05, 0.1) is 25.4 Å². The Labute approximate surface area is 265 Å². The van der Waals surface area contributed by atoms with Crippen molar-refractivity contribution in [1.29, 1.82) is 0 Å². The molecule has 2 rings (SSSR count). The van der Waals surface area contributed by atoms with Gasteiger partial charge < -0.3 is 23.1 Å². The van der Waals surface area contributed by atoms with Crippen molar-refractivity contribution in [2.75, 3.05) is 14.2 Å². The Bertz CT molecular complexity index is 819. The van der Waals surface area contributed by atoms with E-state index in [4.69, 9.17) is 23.1 Å². The van der Waals surface area contributed by atoms with Crippen LogP contribution >= 0.6 is 0 Å². The Morgan fingerprint density at radius 1 is 0.930 bits per heavy atom. The lowest BCUT2D eigenvalue weighted by molar-refractivity contribution is -0.248. The second-order valence-electron chi connectivity index (χ2n) is 13.0. The maximum absolute atomic E-state index is 15.8. The zero-order valence-corrected chi connectivity index (χ0v) is 31.1. The summed E-state index contributed by atoms with van der Waals surface area (Å²) in [6.07, 6.45) is 10.1. The fourth-order valence-corrected chi connectivity index (χ4v) is 13.1. The smallest absolute Gasteiger partial charge is 0.305 e. The lowest BCUT2D eigenvalue weighted by atomic mass is 9.87. The highest BCUT2D eigenvalue weighted by molar-refractivity contribution is 6.74. The average Bonchev–Trinajstić information content (AvgIpc) is 3.55. The predicted octanol–water partition coefficient (Wildman–Crippen LogP) is 9.35. The summed E-state index contributed by atoms with van der Waals surface area (Å²) in [5.41, 5.74) is 0. The van der Waals surface area contributed by atoms with E-state index >= 15 is 4.39 Å². The van der Waals surface area contributed by atoms with E-state index in [0.717, 1.165) is 55.5 Å². The summed E-state index contributed by atoms with van der Waals surface area (Å²) in [6, 6.07) is 6.68. The molecule has 0 spiro atoms. The third-order valence-corrected chi connectivity index (χ3v) is 20.3. The number of ether oxygens (including phenoxy) is 3. The van der Waals surface area contributed by atoms with Crippen molar-refractivity contribution in [1.82, 2.24) is 0 Å². The van der Waals surface area contributed by atoms with E-state index in [9.17, 15) is 4.79 Å². The zero-order chi connectivity index (χ0) is 32.1. The Kier molecular flexibility index (Phi) is 16.6. The molecule has 43 heavy (non-hydrogen) atoms. The van der Waals surface area contributed by atoms with Gasteiger partial charge in [0.25, 0.3) is 0 Å². The van der Waals surface area contributed by atoms with Gasteiger partial charge >= 0.3 is 5.97 Å². The van der Waals surface area contributed by atoms with Gasteiger partial charge in [0.15, 0.2) is 28.6 Å². The van der Waals surface area contributed by atoms with E-state index in [-0.39, 0.29) is 49.0 Å². The molecule has 1 aliphatic heterocycles. The molecule has 1 unspecified atom stereocenters. The molecule has 252 valence electrons. The van der Waals surface area contributed by atoms with Crippen molar-refractivity contribution in [3.8, 4) is 0 Å². The number of methoxy groups -OCH3 is 2. The molecule has 6 nitrogen and oxygen atoms in total. The van der Waals surface area contributed by atoms with Gasteiger partial charge in [-0.3, -0.25) is 4.79 Å². The summed E-state index contributed by atoms with van der Waals surface area (Å²) >= 11 is 0. The van der Waals surface area contributed by atoms with E-state index in [1.807, 2.05) is 0 Å². The van der Waals surface area contributed by atoms with Gasteiger partial charge in [-0.05, 0) is 67.9 Å². The fourth-order valence-electron chi connectivity index (χ4n) is 7.41. The van der Waals surface area contributed by atoms with Crippen LogP contribution in [0.1, 0.15) is 106 Å². The number of carbonyl (C=O) groups is 1. The number of hydrogen-bond acceptors (Lipinski definition) is 6. The second kappa shape index (κ2) is 18.5. The Morgan fingerprint density at radius 3 is 2.09 bits per heavy atom. The molecule has 0 radical (unpaired) electrons. The summed E-state index contributed by atoms with van der Waals surface area (Å²) < 4.78 is 47.1. The van der Waals surface area contributed by atoms with Gasteiger partial charge in [0, 0.05) is 25.9 Å². The standard InChI is InChI=1S/C34H65FO6Si2/c1-10-17-18-20-27(40-42(11-2,12-3)13-4)23-24-28-29-26-34(38-9,32(35)21-19-22-33(36)37-8)39-30(29)25-31(28)41-43(14-5,15-6)16-7/h23-24,27-32H,10-22,25-26H2,1-9H3/b24-23+/t27-,28?,29+,30-,31+,32-,34-/m0/s1. The molecule has 0 aromatic rings. The van der Waals surface area contributed by atoms with Gasteiger partial charge in [-0.1, -0.05) is 79.9 Å². The molecule has 0 aromatic carbocycles.